The SMILES string of the molecule is COc1nc(OC)c(SC)c(N2CC2)n1. The number of anilines is 1. The summed E-state index contributed by atoms with van der Waals surface area (Å²) in [6.07, 6.45) is 1.99. The molecule has 0 amide bonds. The number of ether oxygens (including phenoxy) is 2. The first kappa shape index (κ1) is 10.4. The zero-order chi connectivity index (χ0) is 10.8. The van der Waals surface area contributed by atoms with E-state index in [1.807, 2.05) is 6.26 Å². The number of hydrogen-bond donors (Lipinski definition) is 0. The predicted molar refractivity (Wildman–Crippen MR) is 59.1 cm³/mol. The molecule has 1 aliphatic rings. The van der Waals surface area contributed by atoms with Crippen LogP contribution in [0.1, 0.15) is 0 Å². The summed E-state index contributed by atoms with van der Waals surface area (Å²) >= 11 is 1.59. The normalized spacial score (nSPS) is 13.9. The molecule has 15 heavy (non-hydrogen) atoms. The number of aromatic nitrogens is 2. The molecule has 5 nitrogen and oxygen atoms in total. The van der Waals surface area contributed by atoms with Gasteiger partial charge in [0.15, 0.2) is 5.82 Å². The van der Waals surface area contributed by atoms with E-state index >= 15 is 0 Å². The van der Waals surface area contributed by atoms with Gasteiger partial charge in [-0.05, 0) is 6.26 Å². The Morgan fingerprint density at radius 1 is 1.20 bits per heavy atom. The summed E-state index contributed by atoms with van der Waals surface area (Å²) in [5, 5.41) is 0. The van der Waals surface area contributed by atoms with Crippen molar-refractivity contribution in [1.29, 1.82) is 0 Å². The molecule has 0 atom stereocenters. The third-order valence-electron chi connectivity index (χ3n) is 2.12. The second-order valence-electron chi connectivity index (χ2n) is 3.06. The van der Waals surface area contributed by atoms with Crippen LogP contribution >= 0.6 is 11.8 Å². The van der Waals surface area contributed by atoms with Gasteiger partial charge in [0.25, 0.3) is 0 Å². The van der Waals surface area contributed by atoms with E-state index in [4.69, 9.17) is 9.47 Å². The Morgan fingerprint density at radius 2 is 1.93 bits per heavy atom. The van der Waals surface area contributed by atoms with Crippen LogP contribution < -0.4 is 14.4 Å². The van der Waals surface area contributed by atoms with Crippen molar-refractivity contribution in [3.8, 4) is 11.9 Å². The van der Waals surface area contributed by atoms with Crippen LogP contribution in [0.4, 0.5) is 5.82 Å². The number of nitrogens with zero attached hydrogens (tertiary/aromatic N) is 3. The number of hydrogen-bond acceptors (Lipinski definition) is 6. The van der Waals surface area contributed by atoms with Gasteiger partial charge in [0, 0.05) is 13.1 Å². The van der Waals surface area contributed by atoms with Crippen molar-refractivity contribution in [2.75, 3.05) is 38.5 Å². The summed E-state index contributed by atoms with van der Waals surface area (Å²) in [5.41, 5.74) is 0. The highest BCUT2D eigenvalue weighted by molar-refractivity contribution is 7.98. The molecule has 0 bridgehead atoms. The molecule has 1 aromatic heterocycles. The Kier molecular flexibility index (Phi) is 2.86. The van der Waals surface area contributed by atoms with Crippen LogP contribution in [0.15, 0.2) is 4.90 Å². The van der Waals surface area contributed by atoms with Gasteiger partial charge >= 0.3 is 6.01 Å². The van der Waals surface area contributed by atoms with Crippen LogP contribution in [0, 0.1) is 0 Å². The second kappa shape index (κ2) is 4.14. The summed E-state index contributed by atoms with van der Waals surface area (Å²) in [7, 11) is 3.16. The quantitative estimate of drug-likeness (QED) is 0.565. The number of methoxy groups -OCH3 is 2. The monoisotopic (exact) mass is 227 g/mol. The molecule has 0 saturated carbocycles. The minimum Gasteiger partial charge on any atom is -0.480 e. The maximum atomic E-state index is 5.22. The molecule has 0 N–H and O–H groups in total. The molecule has 1 fully saturated rings. The summed E-state index contributed by atoms with van der Waals surface area (Å²) in [5.74, 6) is 1.49. The zero-order valence-electron chi connectivity index (χ0n) is 8.98. The molecule has 1 aliphatic heterocycles. The highest BCUT2D eigenvalue weighted by atomic mass is 32.2. The Balaban J connectivity index is 2.48. The van der Waals surface area contributed by atoms with Crippen LogP contribution in [-0.2, 0) is 0 Å². The molecule has 2 rings (SSSR count). The Bertz CT molecular complexity index is 369. The van der Waals surface area contributed by atoms with Gasteiger partial charge in [0.1, 0.15) is 4.90 Å². The van der Waals surface area contributed by atoms with Crippen molar-refractivity contribution in [3.63, 3.8) is 0 Å². The molecular weight excluding hydrogens is 214 g/mol. The van der Waals surface area contributed by atoms with Crippen molar-refractivity contribution >= 4 is 17.6 Å². The minimum atomic E-state index is 0.353. The molecular formula is C9H13N3O2S. The molecule has 0 spiro atoms. The van der Waals surface area contributed by atoms with Crippen molar-refractivity contribution < 1.29 is 9.47 Å². The zero-order valence-corrected chi connectivity index (χ0v) is 9.80. The van der Waals surface area contributed by atoms with Crippen LogP contribution in [-0.4, -0.2) is 43.5 Å². The van der Waals surface area contributed by atoms with E-state index in [2.05, 4.69) is 14.9 Å². The van der Waals surface area contributed by atoms with Gasteiger partial charge in [-0.25, -0.2) is 0 Å². The average molecular weight is 227 g/mol. The first-order valence-corrected chi connectivity index (χ1v) is 5.81. The summed E-state index contributed by atoms with van der Waals surface area (Å²) in [6, 6.07) is 0.353. The lowest BCUT2D eigenvalue weighted by molar-refractivity contribution is 0.346. The molecule has 1 aromatic rings. The Morgan fingerprint density at radius 3 is 2.40 bits per heavy atom. The van der Waals surface area contributed by atoms with Crippen LogP contribution in [0.2, 0.25) is 0 Å². The summed E-state index contributed by atoms with van der Waals surface area (Å²) in [6.45, 7) is 2.08. The average Bonchev–Trinajstić information content (AvgIpc) is 3.10. The number of thioether (sulfide) groups is 1. The fourth-order valence-corrected chi connectivity index (χ4v) is 1.94. The Hall–Kier alpha value is -1.17. The standard InChI is InChI=1S/C9H13N3O2S/c1-13-8-6(15-3)7(12-4-5-12)10-9(11-8)14-2/h4-5H2,1-3H3. The van der Waals surface area contributed by atoms with Crippen molar-refractivity contribution in [3.05, 3.63) is 0 Å². The topological polar surface area (TPSA) is 47.2 Å². The van der Waals surface area contributed by atoms with Gasteiger partial charge < -0.3 is 14.4 Å². The lowest BCUT2D eigenvalue weighted by atomic mass is 10.5. The van der Waals surface area contributed by atoms with Crippen molar-refractivity contribution in [1.82, 2.24) is 9.97 Å². The molecule has 0 aromatic carbocycles. The molecule has 1 saturated heterocycles. The van der Waals surface area contributed by atoms with Crippen LogP contribution in [0.3, 0.4) is 0 Å². The van der Waals surface area contributed by atoms with Gasteiger partial charge in [0.05, 0.1) is 14.2 Å². The van der Waals surface area contributed by atoms with Gasteiger partial charge in [-0.3, -0.25) is 0 Å². The Labute approximate surface area is 92.8 Å². The van der Waals surface area contributed by atoms with E-state index in [0.717, 1.165) is 23.8 Å². The summed E-state index contributed by atoms with van der Waals surface area (Å²) in [4.78, 5) is 11.6. The minimum absolute atomic E-state index is 0.353. The van der Waals surface area contributed by atoms with Crippen molar-refractivity contribution in [2.24, 2.45) is 0 Å². The van der Waals surface area contributed by atoms with Gasteiger partial charge in [-0.1, -0.05) is 0 Å². The largest absolute Gasteiger partial charge is 0.480 e. The van der Waals surface area contributed by atoms with E-state index in [-0.39, 0.29) is 0 Å². The highest BCUT2D eigenvalue weighted by Gasteiger charge is 2.26. The molecule has 2 heterocycles. The van der Waals surface area contributed by atoms with Crippen LogP contribution in [0.5, 0.6) is 11.9 Å². The fraction of sp³-hybridized carbons (Fsp3) is 0.556. The first-order valence-electron chi connectivity index (χ1n) is 4.59. The molecule has 82 valence electrons. The smallest absolute Gasteiger partial charge is 0.321 e. The maximum Gasteiger partial charge on any atom is 0.321 e. The lowest BCUT2D eigenvalue weighted by Gasteiger charge is -2.12. The first-order chi connectivity index (χ1) is 7.30. The second-order valence-corrected chi connectivity index (χ2v) is 3.88. The maximum absolute atomic E-state index is 5.22. The van der Waals surface area contributed by atoms with E-state index in [1.54, 1.807) is 26.0 Å². The lowest BCUT2D eigenvalue weighted by Crippen LogP contribution is -2.04. The predicted octanol–water partition coefficient (Wildman–Crippen LogP) is 1.04. The molecule has 0 aliphatic carbocycles. The molecule has 0 unspecified atom stereocenters. The molecule has 0 radical (unpaired) electrons. The fourth-order valence-electron chi connectivity index (χ4n) is 1.28. The van der Waals surface area contributed by atoms with Crippen molar-refractivity contribution in [2.45, 2.75) is 4.90 Å². The van der Waals surface area contributed by atoms with Crippen LogP contribution in [0.25, 0.3) is 0 Å². The molecule has 6 heteroatoms. The van der Waals surface area contributed by atoms with E-state index < -0.39 is 0 Å². The third-order valence-corrected chi connectivity index (χ3v) is 2.89. The third kappa shape index (κ3) is 1.94. The van der Waals surface area contributed by atoms with E-state index in [0.29, 0.717) is 11.9 Å². The summed E-state index contributed by atoms with van der Waals surface area (Å²) < 4.78 is 10.3. The highest BCUT2D eigenvalue weighted by Crippen LogP contribution is 2.37. The van der Waals surface area contributed by atoms with Gasteiger partial charge in [-0.15, -0.1) is 11.8 Å². The van der Waals surface area contributed by atoms with Gasteiger partial charge in [0.2, 0.25) is 5.88 Å². The van der Waals surface area contributed by atoms with Gasteiger partial charge in [-0.2, -0.15) is 9.97 Å². The number of rotatable bonds is 4. The van der Waals surface area contributed by atoms with E-state index in [1.165, 1.54) is 0 Å². The van der Waals surface area contributed by atoms with E-state index in [9.17, 15) is 0 Å².